The summed E-state index contributed by atoms with van der Waals surface area (Å²) in [7, 11) is -4.34. The molecular formula is C20H14O3S. The molecule has 0 radical (unpaired) electrons. The maximum absolute atomic E-state index is 12.0. The molecule has 0 aliphatic carbocycles. The summed E-state index contributed by atoms with van der Waals surface area (Å²) in [5, 5.41) is 3.68. The molecule has 0 saturated carbocycles. The fourth-order valence-corrected chi connectivity index (χ4v) is 3.91. The Kier molecular flexibility index (Phi) is 3.37. The summed E-state index contributed by atoms with van der Waals surface area (Å²) < 4.78 is 33.7. The molecule has 3 nitrogen and oxygen atoms in total. The van der Waals surface area contributed by atoms with Crippen LogP contribution in [0.3, 0.4) is 0 Å². The number of benzene rings is 4. The van der Waals surface area contributed by atoms with Crippen LogP contribution in [-0.4, -0.2) is 13.0 Å². The van der Waals surface area contributed by atoms with E-state index in [4.69, 9.17) is 0 Å². The Bertz CT molecular complexity index is 1170. The SMILES string of the molecule is O=S(=O)(O)c1ccc2ccccc2c1-c1cccc2ccccc12. The number of rotatable bonds is 2. The van der Waals surface area contributed by atoms with Crippen LogP contribution < -0.4 is 0 Å². The van der Waals surface area contributed by atoms with E-state index in [1.165, 1.54) is 6.07 Å². The largest absolute Gasteiger partial charge is 0.295 e. The first-order chi connectivity index (χ1) is 11.6. The Morgan fingerprint density at radius 2 is 1.21 bits per heavy atom. The first-order valence-electron chi connectivity index (χ1n) is 7.53. The predicted molar refractivity (Wildman–Crippen MR) is 96.7 cm³/mol. The van der Waals surface area contributed by atoms with E-state index in [-0.39, 0.29) is 4.90 Å². The molecule has 0 aliphatic rings. The molecule has 4 aromatic carbocycles. The van der Waals surface area contributed by atoms with Crippen LogP contribution in [0.2, 0.25) is 0 Å². The third kappa shape index (κ3) is 2.37. The fraction of sp³-hybridized carbons (Fsp3) is 0. The highest BCUT2D eigenvalue weighted by Crippen LogP contribution is 2.38. The number of fused-ring (bicyclic) bond motifs is 2. The van der Waals surface area contributed by atoms with Crippen LogP contribution in [0.25, 0.3) is 32.7 Å². The van der Waals surface area contributed by atoms with Gasteiger partial charge in [0.2, 0.25) is 0 Å². The van der Waals surface area contributed by atoms with Gasteiger partial charge in [-0.25, -0.2) is 0 Å². The van der Waals surface area contributed by atoms with Gasteiger partial charge in [0.25, 0.3) is 10.1 Å². The Labute approximate surface area is 139 Å². The Balaban J connectivity index is 2.23. The van der Waals surface area contributed by atoms with Crippen molar-refractivity contribution in [3.63, 3.8) is 0 Å². The lowest BCUT2D eigenvalue weighted by Crippen LogP contribution is -2.01. The second-order valence-corrected chi connectivity index (χ2v) is 7.05. The van der Waals surface area contributed by atoms with E-state index in [9.17, 15) is 13.0 Å². The van der Waals surface area contributed by atoms with Crippen LogP contribution in [-0.2, 0) is 10.1 Å². The van der Waals surface area contributed by atoms with Gasteiger partial charge < -0.3 is 0 Å². The summed E-state index contributed by atoms with van der Waals surface area (Å²) in [6.07, 6.45) is 0. The van der Waals surface area contributed by atoms with Gasteiger partial charge in [-0.15, -0.1) is 0 Å². The van der Waals surface area contributed by atoms with Gasteiger partial charge in [0.15, 0.2) is 0 Å². The topological polar surface area (TPSA) is 54.4 Å². The predicted octanol–water partition coefficient (Wildman–Crippen LogP) is 4.91. The Morgan fingerprint density at radius 3 is 1.92 bits per heavy atom. The van der Waals surface area contributed by atoms with Crippen molar-refractivity contribution in [1.82, 2.24) is 0 Å². The van der Waals surface area contributed by atoms with Gasteiger partial charge in [0.1, 0.15) is 4.90 Å². The zero-order valence-corrected chi connectivity index (χ0v) is 13.5. The minimum atomic E-state index is -4.34. The van der Waals surface area contributed by atoms with Crippen molar-refractivity contribution >= 4 is 31.7 Å². The van der Waals surface area contributed by atoms with Gasteiger partial charge in [-0.05, 0) is 33.2 Å². The van der Waals surface area contributed by atoms with Gasteiger partial charge in [-0.1, -0.05) is 72.8 Å². The zero-order chi connectivity index (χ0) is 16.7. The first kappa shape index (κ1) is 14.9. The molecule has 118 valence electrons. The highest BCUT2D eigenvalue weighted by molar-refractivity contribution is 7.86. The van der Waals surface area contributed by atoms with Crippen molar-refractivity contribution in [3.05, 3.63) is 78.9 Å². The molecule has 24 heavy (non-hydrogen) atoms. The Hall–Kier alpha value is -2.69. The summed E-state index contributed by atoms with van der Waals surface area (Å²) in [5.74, 6) is 0. The average Bonchev–Trinajstić information content (AvgIpc) is 2.59. The van der Waals surface area contributed by atoms with Crippen molar-refractivity contribution in [2.45, 2.75) is 4.90 Å². The van der Waals surface area contributed by atoms with Gasteiger partial charge in [0, 0.05) is 5.56 Å². The normalized spacial score (nSPS) is 11.9. The van der Waals surface area contributed by atoms with Crippen LogP contribution in [0, 0.1) is 0 Å². The lowest BCUT2D eigenvalue weighted by atomic mass is 9.94. The molecule has 0 unspecified atom stereocenters. The van der Waals surface area contributed by atoms with Crippen molar-refractivity contribution in [3.8, 4) is 11.1 Å². The number of hydrogen-bond donors (Lipinski definition) is 1. The molecule has 0 saturated heterocycles. The van der Waals surface area contributed by atoms with Crippen LogP contribution in [0.15, 0.2) is 83.8 Å². The van der Waals surface area contributed by atoms with E-state index in [1.54, 1.807) is 6.07 Å². The van der Waals surface area contributed by atoms with E-state index >= 15 is 0 Å². The highest BCUT2D eigenvalue weighted by atomic mass is 32.2. The van der Waals surface area contributed by atoms with E-state index in [0.717, 1.165) is 27.1 Å². The minimum absolute atomic E-state index is 0.0717. The second kappa shape index (κ2) is 5.44. The van der Waals surface area contributed by atoms with E-state index in [1.807, 2.05) is 66.7 Å². The third-order valence-electron chi connectivity index (χ3n) is 4.23. The summed E-state index contributed by atoms with van der Waals surface area (Å²) >= 11 is 0. The molecule has 4 heteroatoms. The number of hydrogen-bond acceptors (Lipinski definition) is 2. The molecular weight excluding hydrogens is 320 g/mol. The molecule has 1 N–H and O–H groups in total. The summed E-state index contributed by atoms with van der Waals surface area (Å²) in [6.45, 7) is 0. The maximum Gasteiger partial charge on any atom is 0.295 e. The van der Waals surface area contributed by atoms with Gasteiger partial charge in [-0.2, -0.15) is 8.42 Å². The van der Waals surface area contributed by atoms with Crippen LogP contribution in [0.4, 0.5) is 0 Å². The molecule has 0 fully saturated rings. The standard InChI is InChI=1S/C20H14O3S/c21-24(22,23)19-13-12-15-7-2-4-10-17(15)20(19)18-11-5-8-14-6-1-3-9-16(14)18/h1-13H,(H,21,22,23). The van der Waals surface area contributed by atoms with Gasteiger partial charge in [0.05, 0.1) is 0 Å². The van der Waals surface area contributed by atoms with E-state index < -0.39 is 10.1 Å². The van der Waals surface area contributed by atoms with Gasteiger partial charge >= 0.3 is 0 Å². The van der Waals surface area contributed by atoms with Gasteiger partial charge in [-0.3, -0.25) is 4.55 Å². The zero-order valence-electron chi connectivity index (χ0n) is 12.7. The molecule has 4 rings (SSSR count). The van der Waals surface area contributed by atoms with Crippen molar-refractivity contribution < 1.29 is 13.0 Å². The maximum atomic E-state index is 12.0. The summed E-state index contributed by atoms with van der Waals surface area (Å²) in [6, 6.07) is 24.3. The van der Waals surface area contributed by atoms with E-state index in [0.29, 0.717) is 5.56 Å². The van der Waals surface area contributed by atoms with Crippen molar-refractivity contribution in [1.29, 1.82) is 0 Å². The molecule has 0 aromatic heterocycles. The molecule has 0 amide bonds. The Morgan fingerprint density at radius 1 is 0.625 bits per heavy atom. The minimum Gasteiger partial charge on any atom is -0.282 e. The molecule has 0 spiro atoms. The van der Waals surface area contributed by atoms with Crippen molar-refractivity contribution in [2.24, 2.45) is 0 Å². The lowest BCUT2D eigenvalue weighted by molar-refractivity contribution is 0.483. The molecule has 0 aliphatic heterocycles. The van der Waals surface area contributed by atoms with E-state index in [2.05, 4.69) is 0 Å². The quantitative estimate of drug-likeness (QED) is 0.530. The second-order valence-electron chi connectivity index (χ2n) is 5.66. The fourth-order valence-electron chi connectivity index (χ4n) is 3.19. The van der Waals surface area contributed by atoms with Crippen LogP contribution in [0.1, 0.15) is 0 Å². The van der Waals surface area contributed by atoms with Crippen LogP contribution in [0.5, 0.6) is 0 Å². The molecule has 0 bridgehead atoms. The van der Waals surface area contributed by atoms with Crippen molar-refractivity contribution in [2.75, 3.05) is 0 Å². The molecule has 4 aromatic rings. The molecule has 0 heterocycles. The highest BCUT2D eigenvalue weighted by Gasteiger charge is 2.20. The smallest absolute Gasteiger partial charge is 0.282 e. The third-order valence-corrected chi connectivity index (χ3v) is 5.12. The first-order valence-corrected chi connectivity index (χ1v) is 8.97. The lowest BCUT2D eigenvalue weighted by Gasteiger charge is -2.14. The summed E-state index contributed by atoms with van der Waals surface area (Å²) in [5.41, 5.74) is 1.32. The van der Waals surface area contributed by atoms with Crippen LogP contribution >= 0.6 is 0 Å². The average molecular weight is 334 g/mol. The monoisotopic (exact) mass is 334 g/mol. The summed E-state index contributed by atoms with van der Waals surface area (Å²) in [4.78, 5) is -0.0717. The molecule has 0 atom stereocenters.